The summed E-state index contributed by atoms with van der Waals surface area (Å²) in [7, 11) is 0. The zero-order valence-corrected chi connectivity index (χ0v) is 13.5. The van der Waals surface area contributed by atoms with Crippen molar-refractivity contribution in [2.75, 3.05) is 11.1 Å². The summed E-state index contributed by atoms with van der Waals surface area (Å²) in [6, 6.07) is 16.0. The molecule has 3 aromatic rings. The molecule has 0 bridgehead atoms. The fraction of sp³-hybridized carbons (Fsp3) is 0.167. The van der Waals surface area contributed by atoms with Crippen LogP contribution in [0.1, 0.15) is 11.3 Å². The number of amides is 1. The van der Waals surface area contributed by atoms with Gasteiger partial charge in [-0.15, -0.1) is 11.8 Å². The molecule has 0 radical (unpaired) electrons. The number of hydrogen-bond acceptors (Lipinski definition) is 2. The van der Waals surface area contributed by atoms with Crippen molar-refractivity contribution in [3.63, 3.8) is 0 Å². The highest BCUT2D eigenvalue weighted by Gasteiger charge is 2.11. The Balaban J connectivity index is 1.69. The molecule has 0 aliphatic rings. The topological polar surface area (TPSA) is 44.9 Å². The summed E-state index contributed by atoms with van der Waals surface area (Å²) in [6.07, 6.45) is 0. The minimum absolute atomic E-state index is 0.0141. The third-order valence-electron chi connectivity index (χ3n) is 3.48. The van der Waals surface area contributed by atoms with Gasteiger partial charge in [-0.3, -0.25) is 4.79 Å². The summed E-state index contributed by atoms with van der Waals surface area (Å²) in [4.78, 5) is 16.6. The van der Waals surface area contributed by atoms with Gasteiger partial charge >= 0.3 is 0 Å². The highest BCUT2D eigenvalue weighted by Crippen LogP contribution is 2.31. The molecule has 0 saturated carbocycles. The van der Waals surface area contributed by atoms with Crippen LogP contribution in [0.15, 0.2) is 53.4 Å². The SMILES string of the molecule is Cc1cccc(NC(=O)CSc2c(C)[nH]c3ccccc23)c1. The van der Waals surface area contributed by atoms with Crippen molar-refractivity contribution in [3.05, 3.63) is 59.8 Å². The maximum absolute atomic E-state index is 12.1. The zero-order valence-electron chi connectivity index (χ0n) is 12.6. The molecular formula is C18H18N2OS. The van der Waals surface area contributed by atoms with Crippen LogP contribution in [0.3, 0.4) is 0 Å². The standard InChI is InChI=1S/C18H18N2OS/c1-12-6-5-7-14(10-12)20-17(21)11-22-18-13(2)19-16-9-4-3-8-15(16)18/h3-10,19H,11H2,1-2H3,(H,20,21). The number of rotatable bonds is 4. The number of aromatic nitrogens is 1. The van der Waals surface area contributed by atoms with Gasteiger partial charge in [0.1, 0.15) is 0 Å². The second kappa shape index (κ2) is 6.28. The Hall–Kier alpha value is -2.20. The average Bonchev–Trinajstić information content (AvgIpc) is 2.80. The third kappa shape index (κ3) is 3.17. The van der Waals surface area contributed by atoms with E-state index in [-0.39, 0.29) is 5.91 Å². The van der Waals surface area contributed by atoms with Crippen molar-refractivity contribution < 1.29 is 4.79 Å². The second-order valence-electron chi connectivity index (χ2n) is 5.33. The predicted molar refractivity (Wildman–Crippen MR) is 93.6 cm³/mol. The van der Waals surface area contributed by atoms with E-state index in [0.717, 1.165) is 27.4 Å². The number of para-hydroxylation sites is 1. The number of thioether (sulfide) groups is 1. The van der Waals surface area contributed by atoms with Gasteiger partial charge in [0.05, 0.1) is 5.75 Å². The van der Waals surface area contributed by atoms with E-state index >= 15 is 0 Å². The van der Waals surface area contributed by atoms with Crippen LogP contribution in [0.4, 0.5) is 5.69 Å². The smallest absolute Gasteiger partial charge is 0.234 e. The molecule has 1 amide bonds. The molecule has 2 N–H and O–H groups in total. The number of H-pyrrole nitrogens is 1. The number of aryl methyl sites for hydroxylation is 2. The van der Waals surface area contributed by atoms with Crippen LogP contribution < -0.4 is 5.32 Å². The number of nitrogens with one attached hydrogen (secondary N) is 2. The number of benzene rings is 2. The minimum Gasteiger partial charge on any atom is -0.358 e. The number of hydrogen-bond donors (Lipinski definition) is 2. The largest absolute Gasteiger partial charge is 0.358 e. The molecular weight excluding hydrogens is 292 g/mol. The first-order chi connectivity index (χ1) is 10.6. The van der Waals surface area contributed by atoms with Crippen LogP contribution in [0.2, 0.25) is 0 Å². The maximum atomic E-state index is 12.1. The molecule has 112 valence electrons. The molecule has 0 saturated heterocycles. The van der Waals surface area contributed by atoms with Gasteiger partial charge in [-0.05, 0) is 37.6 Å². The van der Waals surface area contributed by atoms with Gasteiger partial charge in [0, 0.05) is 27.2 Å². The molecule has 0 aliphatic heterocycles. The van der Waals surface area contributed by atoms with Gasteiger partial charge < -0.3 is 10.3 Å². The van der Waals surface area contributed by atoms with Crippen LogP contribution in [-0.4, -0.2) is 16.6 Å². The van der Waals surface area contributed by atoms with E-state index in [2.05, 4.69) is 22.4 Å². The molecule has 1 heterocycles. The monoisotopic (exact) mass is 310 g/mol. The van der Waals surface area contributed by atoms with E-state index in [1.807, 2.05) is 50.2 Å². The van der Waals surface area contributed by atoms with Crippen LogP contribution >= 0.6 is 11.8 Å². The van der Waals surface area contributed by atoms with Crippen molar-refractivity contribution in [2.24, 2.45) is 0 Å². The Morgan fingerprint density at radius 3 is 2.77 bits per heavy atom. The van der Waals surface area contributed by atoms with Crippen molar-refractivity contribution in [3.8, 4) is 0 Å². The Kier molecular flexibility index (Phi) is 4.20. The lowest BCUT2D eigenvalue weighted by Gasteiger charge is -2.06. The maximum Gasteiger partial charge on any atom is 0.234 e. The first kappa shape index (κ1) is 14.7. The molecule has 0 aliphatic carbocycles. The summed E-state index contributed by atoms with van der Waals surface area (Å²) in [5.41, 5.74) is 4.20. The minimum atomic E-state index is 0.0141. The number of aromatic amines is 1. The first-order valence-corrected chi connectivity index (χ1v) is 8.18. The molecule has 0 spiro atoms. The van der Waals surface area contributed by atoms with Crippen LogP contribution in [0.5, 0.6) is 0 Å². The van der Waals surface area contributed by atoms with E-state index in [4.69, 9.17) is 0 Å². The third-order valence-corrected chi connectivity index (χ3v) is 4.71. The van der Waals surface area contributed by atoms with Gasteiger partial charge in [0.25, 0.3) is 0 Å². The van der Waals surface area contributed by atoms with Gasteiger partial charge in [-0.2, -0.15) is 0 Å². The van der Waals surface area contributed by atoms with Crippen molar-refractivity contribution >= 4 is 34.3 Å². The number of carbonyl (C=O) groups is 1. The summed E-state index contributed by atoms with van der Waals surface area (Å²) in [5, 5.41) is 4.12. The number of fused-ring (bicyclic) bond motifs is 1. The average molecular weight is 310 g/mol. The fourth-order valence-electron chi connectivity index (χ4n) is 2.49. The lowest BCUT2D eigenvalue weighted by Crippen LogP contribution is -2.14. The summed E-state index contributed by atoms with van der Waals surface area (Å²) in [6.45, 7) is 4.06. The van der Waals surface area contributed by atoms with E-state index in [0.29, 0.717) is 5.75 Å². The van der Waals surface area contributed by atoms with Gasteiger partial charge in [-0.1, -0.05) is 30.3 Å². The Labute approximate surface area is 134 Å². The summed E-state index contributed by atoms with van der Waals surface area (Å²) >= 11 is 1.57. The lowest BCUT2D eigenvalue weighted by molar-refractivity contribution is -0.113. The van der Waals surface area contributed by atoms with Crippen LogP contribution in [-0.2, 0) is 4.79 Å². The normalized spacial score (nSPS) is 10.8. The number of anilines is 1. The fourth-order valence-corrected chi connectivity index (χ4v) is 3.44. The molecule has 0 fully saturated rings. The second-order valence-corrected chi connectivity index (χ2v) is 6.32. The quantitative estimate of drug-likeness (QED) is 0.696. The zero-order chi connectivity index (χ0) is 15.5. The molecule has 1 aromatic heterocycles. The van der Waals surface area contributed by atoms with Crippen molar-refractivity contribution in [1.29, 1.82) is 0 Å². The predicted octanol–water partition coefficient (Wildman–Crippen LogP) is 4.52. The van der Waals surface area contributed by atoms with Gasteiger partial charge in [0.2, 0.25) is 5.91 Å². The highest BCUT2D eigenvalue weighted by molar-refractivity contribution is 8.00. The van der Waals surface area contributed by atoms with Crippen molar-refractivity contribution in [1.82, 2.24) is 4.98 Å². The molecule has 2 aromatic carbocycles. The van der Waals surface area contributed by atoms with E-state index < -0.39 is 0 Å². The molecule has 4 heteroatoms. The first-order valence-electron chi connectivity index (χ1n) is 7.20. The lowest BCUT2D eigenvalue weighted by atomic mass is 10.2. The van der Waals surface area contributed by atoms with E-state index in [9.17, 15) is 4.79 Å². The Morgan fingerprint density at radius 2 is 1.95 bits per heavy atom. The molecule has 3 nitrogen and oxygen atoms in total. The highest BCUT2D eigenvalue weighted by atomic mass is 32.2. The molecule has 22 heavy (non-hydrogen) atoms. The molecule has 0 unspecified atom stereocenters. The van der Waals surface area contributed by atoms with Crippen LogP contribution in [0.25, 0.3) is 10.9 Å². The van der Waals surface area contributed by atoms with Gasteiger partial charge in [0.15, 0.2) is 0 Å². The molecule has 3 rings (SSSR count). The molecule has 0 atom stereocenters. The van der Waals surface area contributed by atoms with Gasteiger partial charge in [-0.25, -0.2) is 0 Å². The van der Waals surface area contributed by atoms with E-state index in [1.54, 1.807) is 11.8 Å². The summed E-state index contributed by atoms with van der Waals surface area (Å²) < 4.78 is 0. The Morgan fingerprint density at radius 1 is 1.14 bits per heavy atom. The van der Waals surface area contributed by atoms with Crippen LogP contribution in [0, 0.1) is 13.8 Å². The summed E-state index contributed by atoms with van der Waals surface area (Å²) in [5.74, 6) is 0.414. The van der Waals surface area contributed by atoms with E-state index in [1.165, 1.54) is 5.39 Å². The van der Waals surface area contributed by atoms with Crippen molar-refractivity contribution in [2.45, 2.75) is 18.7 Å². The number of carbonyl (C=O) groups excluding carboxylic acids is 1. The Bertz CT molecular complexity index is 823.